The van der Waals surface area contributed by atoms with Gasteiger partial charge in [0.2, 0.25) is 5.88 Å². The van der Waals surface area contributed by atoms with Gasteiger partial charge in [-0.15, -0.1) is 5.10 Å². The van der Waals surface area contributed by atoms with Crippen molar-refractivity contribution in [3.05, 3.63) is 53.4 Å². The number of anilines is 1. The first-order chi connectivity index (χ1) is 22.9. The van der Waals surface area contributed by atoms with Gasteiger partial charge >= 0.3 is 12.3 Å². The van der Waals surface area contributed by atoms with Crippen molar-refractivity contribution < 1.29 is 41.0 Å². The fourth-order valence-corrected chi connectivity index (χ4v) is 7.30. The molecule has 1 saturated carbocycles. The zero-order chi connectivity index (χ0) is 35.7. The number of aromatic nitrogens is 4. The van der Waals surface area contributed by atoms with Gasteiger partial charge in [-0.05, 0) is 82.1 Å². The number of carbonyl (C=O) groups excluding carboxylic acids is 1. The topological polar surface area (TPSA) is 160 Å². The number of likely N-dealkylation sites (tertiary alicyclic amines) is 1. The third kappa shape index (κ3) is 8.73. The highest BCUT2D eigenvalue weighted by atomic mass is 35.5. The van der Waals surface area contributed by atoms with Gasteiger partial charge in [0.15, 0.2) is 5.82 Å². The first kappa shape index (κ1) is 36.2. The van der Waals surface area contributed by atoms with E-state index in [-0.39, 0.29) is 52.7 Å². The van der Waals surface area contributed by atoms with Crippen molar-refractivity contribution in [3.8, 4) is 11.7 Å². The van der Waals surface area contributed by atoms with Crippen LogP contribution in [0.15, 0.2) is 47.6 Å². The fourth-order valence-electron chi connectivity index (χ4n) is 6.16. The molecule has 3 atom stereocenters. The minimum absolute atomic E-state index is 0.0701. The number of halogens is 4. The minimum Gasteiger partial charge on any atom is -0.477 e. The number of nitrogens with zero attached hydrogens (tertiary/aromatic N) is 6. The van der Waals surface area contributed by atoms with E-state index < -0.39 is 45.6 Å². The average molecular weight is 728 g/mol. The maximum Gasteiger partial charge on any atom is 0.407 e. The van der Waals surface area contributed by atoms with Crippen LogP contribution in [0.2, 0.25) is 5.15 Å². The summed E-state index contributed by atoms with van der Waals surface area (Å²) in [5.74, 6) is -1.59. The normalized spacial score (nSPS) is 20.2. The predicted molar refractivity (Wildman–Crippen MR) is 172 cm³/mol. The number of hydrogen-bond donors (Lipinski definition) is 2. The van der Waals surface area contributed by atoms with E-state index in [0.717, 1.165) is 25.5 Å². The fraction of sp³-hybridized carbons (Fsp3) is 0.516. The van der Waals surface area contributed by atoms with Crippen molar-refractivity contribution in [2.75, 3.05) is 31.6 Å². The molecule has 13 nitrogen and oxygen atoms in total. The Bertz CT molecular complexity index is 1790. The summed E-state index contributed by atoms with van der Waals surface area (Å²) < 4.78 is 72.8. The van der Waals surface area contributed by atoms with Gasteiger partial charge in [-0.25, -0.2) is 32.6 Å². The molecule has 3 unspecified atom stereocenters. The maximum absolute atomic E-state index is 13.0. The van der Waals surface area contributed by atoms with Crippen molar-refractivity contribution in [2.45, 2.75) is 62.6 Å². The zero-order valence-corrected chi connectivity index (χ0v) is 28.6. The third-order valence-electron chi connectivity index (χ3n) is 8.91. The molecule has 2 amide bonds. The summed E-state index contributed by atoms with van der Waals surface area (Å²) in [6.45, 7) is 5.04. The second-order valence-electron chi connectivity index (χ2n) is 13.0. The van der Waals surface area contributed by atoms with Crippen LogP contribution in [-0.2, 0) is 10.0 Å². The summed E-state index contributed by atoms with van der Waals surface area (Å²) in [4.78, 5) is 35.9. The number of carboxylic acid groups (broad SMARTS) is 1. The van der Waals surface area contributed by atoms with Crippen LogP contribution in [0.4, 0.5) is 23.8 Å². The number of alkyl halides is 3. The lowest BCUT2D eigenvalue weighted by molar-refractivity contribution is -0.151. The lowest BCUT2D eigenvalue weighted by Crippen LogP contribution is -2.41. The third-order valence-corrected chi connectivity index (χ3v) is 10.5. The van der Waals surface area contributed by atoms with Crippen LogP contribution in [0.3, 0.4) is 0 Å². The van der Waals surface area contributed by atoms with Gasteiger partial charge < -0.3 is 19.6 Å². The van der Waals surface area contributed by atoms with Crippen LogP contribution < -0.4 is 14.4 Å². The van der Waals surface area contributed by atoms with Gasteiger partial charge in [-0.2, -0.15) is 13.2 Å². The van der Waals surface area contributed by atoms with Gasteiger partial charge in [0, 0.05) is 44.1 Å². The molecule has 266 valence electrons. The van der Waals surface area contributed by atoms with E-state index in [9.17, 15) is 36.3 Å². The lowest BCUT2D eigenvalue weighted by Gasteiger charge is -2.28. The summed E-state index contributed by atoms with van der Waals surface area (Å²) in [7, 11) is -2.50. The molecule has 4 heterocycles. The second-order valence-corrected chi connectivity index (χ2v) is 15.1. The average Bonchev–Trinajstić information content (AvgIpc) is 3.54. The predicted octanol–water partition coefficient (Wildman–Crippen LogP) is 5.40. The molecule has 3 aromatic rings. The summed E-state index contributed by atoms with van der Waals surface area (Å²) in [5, 5.41) is 13.3. The van der Waals surface area contributed by atoms with Gasteiger partial charge in [-0.1, -0.05) is 11.6 Å². The minimum atomic E-state index is -4.32. The van der Waals surface area contributed by atoms with Crippen molar-refractivity contribution in [2.24, 2.45) is 17.8 Å². The Morgan fingerprint density at radius 3 is 2.55 bits per heavy atom. The number of hydrogen-bond acceptors (Lipinski definition) is 9. The van der Waals surface area contributed by atoms with Crippen molar-refractivity contribution >= 4 is 39.4 Å². The van der Waals surface area contributed by atoms with Crippen LogP contribution in [0.25, 0.3) is 5.82 Å². The molecular weight excluding hydrogens is 691 g/mol. The Morgan fingerprint density at radius 2 is 1.94 bits per heavy atom. The number of nitrogens with one attached hydrogen (secondary N) is 1. The van der Waals surface area contributed by atoms with Crippen LogP contribution in [0, 0.1) is 17.8 Å². The van der Waals surface area contributed by atoms with E-state index in [1.165, 1.54) is 46.1 Å². The Kier molecular flexibility index (Phi) is 10.3. The van der Waals surface area contributed by atoms with Gasteiger partial charge in [0.25, 0.3) is 15.9 Å². The second kappa shape index (κ2) is 14.0. The number of rotatable bonds is 13. The van der Waals surface area contributed by atoms with E-state index in [4.69, 9.17) is 16.3 Å². The molecule has 0 aromatic carbocycles. The highest BCUT2D eigenvalue weighted by molar-refractivity contribution is 7.90. The molecule has 2 N–H and O–H groups in total. The van der Waals surface area contributed by atoms with E-state index in [2.05, 4.69) is 15.1 Å². The molecule has 5 rings (SSSR count). The molecule has 1 aliphatic heterocycles. The maximum atomic E-state index is 13.0. The van der Waals surface area contributed by atoms with E-state index in [1.54, 1.807) is 0 Å². The van der Waals surface area contributed by atoms with Crippen LogP contribution >= 0.6 is 11.6 Å². The molecule has 0 radical (unpaired) electrons. The molecule has 1 aliphatic carbocycles. The summed E-state index contributed by atoms with van der Waals surface area (Å²) in [6.07, 6.45) is 0.308. The monoisotopic (exact) mass is 727 g/mol. The molecule has 3 aromatic heterocycles. The van der Waals surface area contributed by atoms with E-state index in [0.29, 0.717) is 18.9 Å². The van der Waals surface area contributed by atoms with Gasteiger partial charge in [0.05, 0.1) is 18.1 Å². The smallest absolute Gasteiger partial charge is 0.407 e. The van der Waals surface area contributed by atoms with Crippen molar-refractivity contribution in [3.63, 3.8) is 0 Å². The summed E-state index contributed by atoms with van der Waals surface area (Å²) >= 11 is 6.23. The molecule has 0 spiro atoms. The number of pyridine rings is 2. The first-order valence-electron chi connectivity index (χ1n) is 15.6. The number of amides is 2. The van der Waals surface area contributed by atoms with Crippen molar-refractivity contribution in [1.82, 2.24) is 29.4 Å². The quantitative estimate of drug-likeness (QED) is 0.219. The highest BCUT2D eigenvalue weighted by Gasteiger charge is 2.55. The Morgan fingerprint density at radius 1 is 1.18 bits per heavy atom. The Labute approximate surface area is 286 Å². The molecule has 49 heavy (non-hydrogen) atoms. The summed E-state index contributed by atoms with van der Waals surface area (Å²) in [5.41, 5.74) is -0.606. The standard InChI is InChI=1S/C31H37ClF3N7O6S/c1-30(2)16-19(18-41(30)29(44)45)5-4-12-40(3)24-8-6-21(17-36-24)49(46,47)39-28(43)22-7-9-25(37-27(22)32)42-13-10-26(38-42)48-14-11-20-15-23(20)31(33,34)35/h6-10,13,17,19-20,23H,4-5,11-12,14-16,18H2,1-3H3,(H,39,43)(H,44,45). The van der Waals surface area contributed by atoms with Crippen LogP contribution in [0.1, 0.15) is 56.3 Å². The van der Waals surface area contributed by atoms with Gasteiger partial charge in [-0.3, -0.25) is 4.79 Å². The molecule has 0 bridgehead atoms. The largest absolute Gasteiger partial charge is 0.477 e. The lowest BCUT2D eigenvalue weighted by atomic mass is 9.93. The molecule has 2 aliphatic rings. The molecule has 18 heteroatoms. The van der Waals surface area contributed by atoms with Gasteiger partial charge in [0.1, 0.15) is 15.9 Å². The first-order valence-corrected chi connectivity index (χ1v) is 17.5. The SMILES string of the molecule is CN(CCCC1CN(C(=O)O)C(C)(C)C1)c1ccc(S(=O)(=O)NC(=O)c2ccc(-n3ccc(OCCC4CC4C(F)(F)F)n3)nc2Cl)cn1. The van der Waals surface area contributed by atoms with E-state index in [1.807, 2.05) is 30.5 Å². The molecule has 1 saturated heterocycles. The number of sulfonamides is 1. The number of carbonyl (C=O) groups is 2. The Balaban J connectivity index is 1.11. The van der Waals surface area contributed by atoms with Crippen LogP contribution in [0.5, 0.6) is 5.88 Å². The van der Waals surface area contributed by atoms with Crippen LogP contribution in [-0.4, -0.2) is 88.6 Å². The van der Waals surface area contributed by atoms with Crippen molar-refractivity contribution in [1.29, 1.82) is 0 Å². The molecular formula is C31H37ClF3N7O6S. The highest BCUT2D eigenvalue weighted by Crippen LogP contribution is 2.51. The number of ether oxygens (including phenoxy) is 1. The zero-order valence-electron chi connectivity index (χ0n) is 27.0. The summed E-state index contributed by atoms with van der Waals surface area (Å²) in [6, 6.07) is 7.04. The molecule has 2 fully saturated rings. The Hall–Kier alpha value is -4.12. The van der Waals surface area contributed by atoms with E-state index >= 15 is 0 Å².